The average molecular weight is 277 g/mol. The van der Waals surface area contributed by atoms with Crippen LogP contribution in [-0.4, -0.2) is 50.3 Å². The van der Waals surface area contributed by atoms with Crippen molar-refractivity contribution in [3.8, 4) is 0 Å². The van der Waals surface area contributed by atoms with E-state index < -0.39 is 0 Å². The largest absolute Gasteiger partial charge is 0.375 e. The zero-order chi connectivity index (χ0) is 12.3. The molecule has 0 amide bonds. The molecule has 0 aromatic carbocycles. The maximum atomic E-state index is 5.91. The predicted molar refractivity (Wildman–Crippen MR) is 78.5 cm³/mol. The fraction of sp³-hybridized carbons (Fsp3) is 1.00. The topological polar surface area (TPSA) is 24.5 Å². The highest BCUT2D eigenvalue weighted by molar-refractivity contribution is 5.85. The van der Waals surface area contributed by atoms with E-state index in [4.69, 9.17) is 4.74 Å². The van der Waals surface area contributed by atoms with Crippen molar-refractivity contribution in [2.45, 2.75) is 39.7 Å². The second kappa shape index (κ2) is 7.09. The fourth-order valence-electron chi connectivity index (χ4n) is 2.82. The Kier molecular flexibility index (Phi) is 6.39. The van der Waals surface area contributed by atoms with E-state index in [1.807, 2.05) is 0 Å². The van der Waals surface area contributed by atoms with Crippen molar-refractivity contribution in [1.82, 2.24) is 10.2 Å². The van der Waals surface area contributed by atoms with E-state index in [0.29, 0.717) is 6.10 Å². The van der Waals surface area contributed by atoms with E-state index in [1.165, 1.54) is 32.5 Å². The molecule has 108 valence electrons. The summed E-state index contributed by atoms with van der Waals surface area (Å²) in [5, 5.41) is 3.44. The summed E-state index contributed by atoms with van der Waals surface area (Å²) in [4.78, 5) is 2.62. The van der Waals surface area contributed by atoms with Gasteiger partial charge in [-0.3, -0.25) is 4.90 Å². The highest BCUT2D eigenvalue weighted by Gasteiger charge is 2.31. The lowest BCUT2D eigenvalue weighted by atomic mass is 9.87. The smallest absolute Gasteiger partial charge is 0.0750 e. The molecule has 0 bridgehead atoms. The van der Waals surface area contributed by atoms with Crippen LogP contribution >= 0.6 is 12.4 Å². The number of hydrogen-bond acceptors (Lipinski definition) is 3. The van der Waals surface area contributed by atoms with Crippen molar-refractivity contribution in [1.29, 1.82) is 0 Å². The third-order valence-corrected chi connectivity index (χ3v) is 4.09. The summed E-state index contributed by atoms with van der Waals surface area (Å²) < 4.78 is 5.91. The van der Waals surface area contributed by atoms with Crippen LogP contribution in [0.1, 0.15) is 33.6 Å². The second-order valence-electron chi connectivity index (χ2n) is 6.68. The van der Waals surface area contributed by atoms with E-state index in [1.54, 1.807) is 0 Å². The SMILES string of the molecule is CC(C)(C)C1CN(CC2CCNCC2)CCO1.Cl. The van der Waals surface area contributed by atoms with Crippen LogP contribution in [0.5, 0.6) is 0 Å². The van der Waals surface area contributed by atoms with Crippen molar-refractivity contribution in [2.24, 2.45) is 11.3 Å². The summed E-state index contributed by atoms with van der Waals surface area (Å²) in [5.41, 5.74) is 0.271. The minimum absolute atomic E-state index is 0. The van der Waals surface area contributed by atoms with Gasteiger partial charge in [0.05, 0.1) is 12.7 Å². The lowest BCUT2D eigenvalue weighted by molar-refractivity contribution is -0.0829. The number of nitrogens with zero attached hydrogens (tertiary/aromatic N) is 1. The van der Waals surface area contributed by atoms with Crippen molar-refractivity contribution in [3.05, 3.63) is 0 Å². The quantitative estimate of drug-likeness (QED) is 0.837. The molecule has 0 spiro atoms. The normalized spacial score (nSPS) is 27.8. The van der Waals surface area contributed by atoms with Crippen LogP contribution in [0, 0.1) is 11.3 Å². The van der Waals surface area contributed by atoms with Gasteiger partial charge in [-0.05, 0) is 37.3 Å². The van der Waals surface area contributed by atoms with Gasteiger partial charge in [0.1, 0.15) is 0 Å². The van der Waals surface area contributed by atoms with E-state index in [0.717, 1.165) is 25.6 Å². The first-order chi connectivity index (χ1) is 8.05. The van der Waals surface area contributed by atoms with Gasteiger partial charge in [0.2, 0.25) is 0 Å². The van der Waals surface area contributed by atoms with Crippen molar-refractivity contribution in [2.75, 3.05) is 39.3 Å². The number of halogens is 1. The fourth-order valence-corrected chi connectivity index (χ4v) is 2.82. The summed E-state index contributed by atoms with van der Waals surface area (Å²) in [7, 11) is 0. The number of rotatable bonds is 2. The molecule has 0 radical (unpaired) electrons. The number of morpholine rings is 1. The zero-order valence-electron chi connectivity index (χ0n) is 12.1. The highest BCUT2D eigenvalue weighted by atomic mass is 35.5. The van der Waals surface area contributed by atoms with E-state index in [2.05, 4.69) is 31.0 Å². The van der Waals surface area contributed by atoms with Crippen LogP contribution < -0.4 is 5.32 Å². The standard InChI is InChI=1S/C14H28N2O.ClH/c1-14(2,3)13-11-16(8-9-17-13)10-12-4-6-15-7-5-12;/h12-13,15H,4-11H2,1-3H3;1H. The van der Waals surface area contributed by atoms with Crippen molar-refractivity contribution >= 4 is 12.4 Å². The summed E-state index contributed by atoms with van der Waals surface area (Å²) in [6.07, 6.45) is 3.09. The van der Waals surface area contributed by atoms with Crippen molar-refractivity contribution in [3.63, 3.8) is 0 Å². The molecule has 0 aromatic rings. The molecule has 3 nitrogen and oxygen atoms in total. The maximum Gasteiger partial charge on any atom is 0.0750 e. The van der Waals surface area contributed by atoms with E-state index in [-0.39, 0.29) is 17.8 Å². The molecule has 2 fully saturated rings. The Balaban J connectivity index is 0.00000162. The van der Waals surface area contributed by atoms with Crippen LogP contribution in [0.25, 0.3) is 0 Å². The van der Waals surface area contributed by atoms with Gasteiger partial charge in [-0.2, -0.15) is 0 Å². The maximum absolute atomic E-state index is 5.91. The molecule has 0 aromatic heterocycles. The van der Waals surface area contributed by atoms with Gasteiger partial charge in [0.15, 0.2) is 0 Å². The van der Waals surface area contributed by atoms with Gasteiger partial charge in [0, 0.05) is 19.6 Å². The first-order valence-electron chi connectivity index (χ1n) is 7.10. The number of hydrogen-bond donors (Lipinski definition) is 1. The molecule has 2 aliphatic rings. The minimum atomic E-state index is 0. The second-order valence-corrected chi connectivity index (χ2v) is 6.68. The molecule has 4 heteroatoms. The summed E-state index contributed by atoms with van der Waals surface area (Å²) in [6, 6.07) is 0. The molecule has 1 N–H and O–H groups in total. The predicted octanol–water partition coefficient (Wildman–Crippen LogP) is 2.15. The molecule has 2 aliphatic heterocycles. The third-order valence-electron chi connectivity index (χ3n) is 4.09. The number of nitrogens with one attached hydrogen (secondary N) is 1. The molecular formula is C14H29ClN2O. The van der Waals surface area contributed by atoms with Crippen LogP contribution in [0.15, 0.2) is 0 Å². The number of ether oxygens (including phenoxy) is 1. The van der Waals surface area contributed by atoms with Crippen LogP contribution in [0.4, 0.5) is 0 Å². The molecule has 0 aliphatic carbocycles. The molecule has 2 saturated heterocycles. The monoisotopic (exact) mass is 276 g/mol. The summed E-state index contributed by atoms with van der Waals surface area (Å²) >= 11 is 0. The van der Waals surface area contributed by atoms with Gasteiger partial charge < -0.3 is 10.1 Å². The first kappa shape index (κ1) is 16.2. The molecule has 1 unspecified atom stereocenters. The Morgan fingerprint density at radius 3 is 2.50 bits per heavy atom. The molecule has 18 heavy (non-hydrogen) atoms. The van der Waals surface area contributed by atoms with E-state index in [9.17, 15) is 0 Å². The van der Waals surface area contributed by atoms with E-state index >= 15 is 0 Å². The van der Waals surface area contributed by atoms with Crippen molar-refractivity contribution < 1.29 is 4.74 Å². The summed E-state index contributed by atoms with van der Waals surface area (Å²) in [6.45, 7) is 13.7. The Morgan fingerprint density at radius 2 is 1.89 bits per heavy atom. The molecular weight excluding hydrogens is 248 g/mol. The Hall–Kier alpha value is 0.170. The lowest BCUT2D eigenvalue weighted by Crippen LogP contribution is -2.49. The Morgan fingerprint density at radius 1 is 1.22 bits per heavy atom. The van der Waals surface area contributed by atoms with Gasteiger partial charge in [0.25, 0.3) is 0 Å². The molecule has 2 heterocycles. The van der Waals surface area contributed by atoms with Crippen LogP contribution in [0.3, 0.4) is 0 Å². The van der Waals surface area contributed by atoms with Gasteiger partial charge >= 0.3 is 0 Å². The van der Waals surface area contributed by atoms with Crippen LogP contribution in [-0.2, 0) is 4.74 Å². The highest BCUT2D eigenvalue weighted by Crippen LogP contribution is 2.26. The first-order valence-corrected chi connectivity index (χ1v) is 7.10. The van der Waals surface area contributed by atoms with Gasteiger partial charge in [-0.1, -0.05) is 20.8 Å². The summed E-state index contributed by atoms with van der Waals surface area (Å²) in [5.74, 6) is 0.898. The minimum Gasteiger partial charge on any atom is -0.375 e. The Bertz CT molecular complexity index is 236. The Labute approximate surface area is 118 Å². The van der Waals surface area contributed by atoms with Gasteiger partial charge in [-0.25, -0.2) is 0 Å². The molecule has 1 atom stereocenters. The van der Waals surface area contributed by atoms with Crippen LogP contribution in [0.2, 0.25) is 0 Å². The number of piperidine rings is 1. The lowest BCUT2D eigenvalue weighted by Gasteiger charge is -2.41. The third kappa shape index (κ3) is 4.69. The average Bonchev–Trinajstić information content (AvgIpc) is 2.29. The zero-order valence-corrected chi connectivity index (χ0v) is 12.9. The molecule has 0 saturated carbocycles. The molecule has 2 rings (SSSR count). The van der Waals surface area contributed by atoms with Gasteiger partial charge in [-0.15, -0.1) is 12.4 Å².